The number of carbonyl (C=O) groups excluding carboxylic acids is 3. The highest BCUT2D eigenvalue weighted by atomic mass is 35.5. The third kappa shape index (κ3) is 5.70. The molecule has 0 unspecified atom stereocenters. The maximum Gasteiger partial charge on any atom is 0.410 e. The third-order valence-electron chi connectivity index (χ3n) is 4.92. The highest BCUT2D eigenvalue weighted by molar-refractivity contribution is 6.30. The lowest BCUT2D eigenvalue weighted by Crippen LogP contribution is -2.56. The quantitative estimate of drug-likeness (QED) is 0.697. The average Bonchev–Trinajstić information content (AvgIpc) is 2.95. The molecule has 2 atom stereocenters. The summed E-state index contributed by atoms with van der Waals surface area (Å²) in [4.78, 5) is 39.6. The second kappa shape index (κ2) is 8.71. The number of nitrogens with zero attached hydrogens (tertiary/aromatic N) is 2. The van der Waals surface area contributed by atoms with Gasteiger partial charge in [-0.1, -0.05) is 23.7 Å². The summed E-state index contributed by atoms with van der Waals surface area (Å²) in [5, 5.41) is 0.651. The van der Waals surface area contributed by atoms with Gasteiger partial charge in [-0.05, 0) is 44.9 Å². The Labute approximate surface area is 175 Å². The van der Waals surface area contributed by atoms with Crippen LogP contribution in [0.1, 0.15) is 39.2 Å². The lowest BCUT2D eigenvalue weighted by atomic mass is 10.0. The Hall–Kier alpha value is -2.12. The van der Waals surface area contributed by atoms with E-state index < -0.39 is 17.8 Å². The van der Waals surface area contributed by atoms with Gasteiger partial charge in [-0.25, -0.2) is 4.79 Å². The zero-order valence-corrected chi connectivity index (χ0v) is 17.8. The van der Waals surface area contributed by atoms with Crippen LogP contribution in [0.4, 0.5) is 4.79 Å². The third-order valence-corrected chi connectivity index (χ3v) is 5.17. The lowest BCUT2D eigenvalue weighted by molar-refractivity contribution is -0.142. The summed E-state index contributed by atoms with van der Waals surface area (Å²) in [7, 11) is 0. The van der Waals surface area contributed by atoms with Gasteiger partial charge >= 0.3 is 6.09 Å². The molecule has 0 spiro atoms. The van der Waals surface area contributed by atoms with Crippen molar-refractivity contribution in [3.05, 3.63) is 34.9 Å². The number of imide groups is 1. The summed E-state index contributed by atoms with van der Waals surface area (Å²) in [5.41, 5.74) is 0.399. The summed E-state index contributed by atoms with van der Waals surface area (Å²) in [6, 6.07) is 7.25. The molecular weight excluding hydrogens is 396 g/mol. The van der Waals surface area contributed by atoms with Gasteiger partial charge in [0.25, 0.3) is 0 Å². The second-order valence-corrected chi connectivity index (χ2v) is 8.91. The first kappa shape index (κ1) is 21.6. The number of rotatable bonds is 4. The smallest absolute Gasteiger partial charge is 0.410 e. The van der Waals surface area contributed by atoms with Crippen molar-refractivity contribution >= 4 is 29.5 Å². The molecule has 0 N–H and O–H groups in total. The van der Waals surface area contributed by atoms with E-state index in [1.165, 1.54) is 4.90 Å². The molecule has 8 heteroatoms. The molecule has 2 aliphatic heterocycles. The summed E-state index contributed by atoms with van der Waals surface area (Å²) >= 11 is 5.96. The maximum atomic E-state index is 12.9. The largest absolute Gasteiger partial charge is 0.444 e. The summed E-state index contributed by atoms with van der Waals surface area (Å²) in [6.07, 6.45) is 0.199. The van der Waals surface area contributed by atoms with E-state index in [9.17, 15) is 14.4 Å². The Kier molecular flexibility index (Phi) is 6.49. The lowest BCUT2D eigenvalue weighted by Gasteiger charge is -2.41. The van der Waals surface area contributed by atoms with Crippen molar-refractivity contribution in [2.24, 2.45) is 0 Å². The van der Waals surface area contributed by atoms with E-state index in [4.69, 9.17) is 21.1 Å². The van der Waals surface area contributed by atoms with Crippen molar-refractivity contribution in [1.29, 1.82) is 0 Å². The predicted octanol–water partition coefficient (Wildman–Crippen LogP) is 3.04. The molecule has 0 radical (unpaired) electrons. The summed E-state index contributed by atoms with van der Waals surface area (Å²) in [6.45, 7) is 6.16. The van der Waals surface area contributed by atoms with Gasteiger partial charge in [0.2, 0.25) is 11.8 Å². The van der Waals surface area contributed by atoms with Crippen LogP contribution in [0.5, 0.6) is 0 Å². The number of benzene rings is 1. The summed E-state index contributed by atoms with van der Waals surface area (Å²) < 4.78 is 11.5. The van der Waals surface area contributed by atoms with Crippen molar-refractivity contribution < 1.29 is 23.9 Å². The molecule has 158 valence electrons. The van der Waals surface area contributed by atoms with Crippen LogP contribution in [0, 0.1) is 0 Å². The summed E-state index contributed by atoms with van der Waals surface area (Å²) in [5.74, 6) is -0.378. The van der Waals surface area contributed by atoms with Crippen LogP contribution >= 0.6 is 11.6 Å². The first-order valence-corrected chi connectivity index (χ1v) is 10.2. The highest BCUT2D eigenvalue weighted by Crippen LogP contribution is 2.23. The number of likely N-dealkylation sites (tertiary alicyclic amines) is 1. The minimum absolute atomic E-state index is 0.157. The fraction of sp³-hybridized carbons (Fsp3) is 0.571. The van der Waals surface area contributed by atoms with Gasteiger partial charge in [-0.3, -0.25) is 19.4 Å². The van der Waals surface area contributed by atoms with Gasteiger partial charge in [0.05, 0.1) is 31.8 Å². The number of hydrogen-bond acceptors (Lipinski definition) is 5. The normalized spacial score (nSPS) is 22.9. The first-order chi connectivity index (χ1) is 13.6. The fourth-order valence-corrected chi connectivity index (χ4v) is 3.63. The Balaban J connectivity index is 1.72. The highest BCUT2D eigenvalue weighted by Gasteiger charge is 2.38. The van der Waals surface area contributed by atoms with Crippen molar-refractivity contribution in [2.75, 3.05) is 19.7 Å². The fourth-order valence-electron chi connectivity index (χ4n) is 3.50. The van der Waals surface area contributed by atoms with Gasteiger partial charge in [0.1, 0.15) is 5.60 Å². The van der Waals surface area contributed by atoms with E-state index >= 15 is 0 Å². The number of ether oxygens (including phenoxy) is 2. The van der Waals surface area contributed by atoms with Gasteiger partial charge in [-0.15, -0.1) is 0 Å². The number of hydrogen-bond donors (Lipinski definition) is 0. The van der Waals surface area contributed by atoms with E-state index in [-0.39, 0.29) is 43.8 Å². The Morgan fingerprint density at radius 1 is 1.17 bits per heavy atom. The zero-order chi connectivity index (χ0) is 21.2. The number of amides is 3. The van der Waals surface area contributed by atoms with Crippen LogP contribution in [-0.4, -0.2) is 65.2 Å². The van der Waals surface area contributed by atoms with Gasteiger partial charge < -0.3 is 9.47 Å². The first-order valence-electron chi connectivity index (χ1n) is 9.81. The molecule has 1 aromatic rings. The Bertz CT molecular complexity index is 758. The molecule has 0 saturated carbocycles. The molecule has 2 aliphatic rings. The van der Waals surface area contributed by atoms with Crippen LogP contribution in [0.2, 0.25) is 5.02 Å². The van der Waals surface area contributed by atoms with Gasteiger partial charge in [0, 0.05) is 17.9 Å². The van der Waals surface area contributed by atoms with Crippen LogP contribution in [0.3, 0.4) is 0 Å². The van der Waals surface area contributed by atoms with Gasteiger partial charge in [0.15, 0.2) is 0 Å². The zero-order valence-electron chi connectivity index (χ0n) is 17.0. The van der Waals surface area contributed by atoms with E-state index in [0.29, 0.717) is 18.1 Å². The molecule has 2 fully saturated rings. The van der Waals surface area contributed by atoms with E-state index in [2.05, 4.69) is 0 Å². The minimum atomic E-state index is -0.628. The molecule has 29 heavy (non-hydrogen) atoms. The maximum absolute atomic E-state index is 12.9. The van der Waals surface area contributed by atoms with Crippen LogP contribution in [0.15, 0.2) is 24.3 Å². The second-order valence-electron chi connectivity index (χ2n) is 8.47. The van der Waals surface area contributed by atoms with E-state index in [0.717, 1.165) is 5.56 Å². The molecule has 0 bridgehead atoms. The van der Waals surface area contributed by atoms with Crippen molar-refractivity contribution in [3.63, 3.8) is 0 Å². The molecule has 7 nitrogen and oxygen atoms in total. The topological polar surface area (TPSA) is 76.2 Å². The monoisotopic (exact) mass is 422 g/mol. The van der Waals surface area contributed by atoms with Crippen molar-refractivity contribution in [1.82, 2.24) is 9.80 Å². The Morgan fingerprint density at radius 2 is 1.79 bits per heavy atom. The average molecular weight is 423 g/mol. The van der Waals surface area contributed by atoms with Crippen LogP contribution in [0.25, 0.3) is 0 Å². The van der Waals surface area contributed by atoms with E-state index in [1.807, 2.05) is 45.0 Å². The van der Waals surface area contributed by atoms with Crippen molar-refractivity contribution in [2.45, 2.75) is 57.8 Å². The van der Waals surface area contributed by atoms with Crippen LogP contribution in [-0.2, 0) is 25.5 Å². The number of carbonyl (C=O) groups is 3. The molecule has 0 aromatic heterocycles. The molecule has 1 aromatic carbocycles. The minimum Gasteiger partial charge on any atom is -0.444 e. The molecule has 3 amide bonds. The SMILES string of the molecule is CC(C)(C)OC(=O)N1C[C@H](CN2C(=O)CCC2=O)OC[C@@H]1Cc1ccc(Cl)cc1. The molecule has 3 rings (SSSR count). The van der Waals surface area contributed by atoms with Crippen molar-refractivity contribution in [3.8, 4) is 0 Å². The predicted molar refractivity (Wildman–Crippen MR) is 108 cm³/mol. The number of morpholine rings is 1. The van der Waals surface area contributed by atoms with Crippen LogP contribution < -0.4 is 0 Å². The molecule has 0 aliphatic carbocycles. The van der Waals surface area contributed by atoms with E-state index in [1.54, 1.807) is 4.90 Å². The molecule has 2 heterocycles. The molecular formula is C21H27ClN2O5. The standard InChI is InChI=1S/C21H27ClN2O5/c1-21(2,3)29-20(27)23-11-17(12-24-18(25)8-9-19(24)26)28-13-16(23)10-14-4-6-15(22)7-5-14/h4-7,16-17H,8-13H2,1-3H3/t16-,17+/m0/s1. The number of halogens is 1. The van der Waals surface area contributed by atoms with Gasteiger partial charge in [-0.2, -0.15) is 0 Å². The molecule has 2 saturated heterocycles. The Morgan fingerprint density at radius 3 is 2.38 bits per heavy atom.